The summed E-state index contributed by atoms with van der Waals surface area (Å²) in [6.45, 7) is 0.515. The number of ether oxygens (including phenoxy) is 1. The van der Waals surface area contributed by atoms with Gasteiger partial charge in [0.15, 0.2) is 5.76 Å². The van der Waals surface area contributed by atoms with Gasteiger partial charge in [0.1, 0.15) is 5.01 Å². The van der Waals surface area contributed by atoms with Crippen LogP contribution in [0.4, 0.5) is 10.8 Å². The number of aromatic amines is 1. The number of H-pyrrole nitrogens is 1. The fourth-order valence-electron chi connectivity index (χ4n) is 3.75. The van der Waals surface area contributed by atoms with Crippen LogP contribution in [-0.4, -0.2) is 37.1 Å². The minimum Gasteiger partial charge on any atom is -0.475 e. The first-order chi connectivity index (χ1) is 16.2. The van der Waals surface area contributed by atoms with E-state index in [2.05, 4.69) is 30.7 Å². The van der Waals surface area contributed by atoms with Gasteiger partial charge in [-0.05, 0) is 42.3 Å². The molecule has 0 amide bonds. The minimum atomic E-state index is -0.123. The zero-order valence-electron chi connectivity index (χ0n) is 17.1. The van der Waals surface area contributed by atoms with E-state index in [-0.39, 0.29) is 6.61 Å². The van der Waals surface area contributed by atoms with Gasteiger partial charge in [-0.2, -0.15) is 10.1 Å². The van der Waals surface area contributed by atoms with Crippen molar-refractivity contribution < 1.29 is 14.3 Å². The first-order valence-corrected chi connectivity index (χ1v) is 11.5. The summed E-state index contributed by atoms with van der Waals surface area (Å²) in [5, 5.41) is 31.2. The number of halogens is 1. The Morgan fingerprint density at radius 3 is 2.97 bits per heavy atom. The maximum Gasteiger partial charge on any atom is 0.256 e. The van der Waals surface area contributed by atoms with Crippen LogP contribution in [0.2, 0.25) is 5.02 Å². The van der Waals surface area contributed by atoms with Crippen LogP contribution in [0.25, 0.3) is 32.9 Å². The van der Waals surface area contributed by atoms with Gasteiger partial charge in [0.05, 0.1) is 35.6 Å². The van der Waals surface area contributed by atoms with Crippen LogP contribution in [0.15, 0.2) is 40.9 Å². The number of oxazole rings is 1. The van der Waals surface area contributed by atoms with Gasteiger partial charge < -0.3 is 19.6 Å². The van der Waals surface area contributed by atoms with Gasteiger partial charge >= 0.3 is 0 Å². The van der Waals surface area contributed by atoms with Crippen molar-refractivity contribution in [2.24, 2.45) is 0 Å². The summed E-state index contributed by atoms with van der Waals surface area (Å²) in [5.41, 5.74) is 3.83. The minimum absolute atomic E-state index is 0.123. The number of hydrogen-bond acceptors (Lipinski definition) is 9. The molecule has 0 spiro atoms. The number of benzene rings is 2. The summed E-state index contributed by atoms with van der Waals surface area (Å²) < 4.78 is 11.5. The van der Waals surface area contributed by atoms with Crippen molar-refractivity contribution in [2.75, 3.05) is 11.9 Å². The van der Waals surface area contributed by atoms with Gasteiger partial charge in [-0.1, -0.05) is 22.9 Å². The lowest BCUT2D eigenvalue weighted by Gasteiger charge is -2.08. The molecule has 1 aliphatic heterocycles. The maximum atomic E-state index is 9.80. The SMILES string of the molecule is OCc1cc(-c2nc3c(o2)CCCO3)cc(-c2nnc(Nc3ccc4[nH]ncc4c3Cl)s2)c1. The average molecular weight is 481 g/mol. The van der Waals surface area contributed by atoms with Crippen molar-refractivity contribution >= 4 is 44.7 Å². The fourth-order valence-corrected chi connectivity index (χ4v) is 4.75. The first-order valence-electron chi connectivity index (χ1n) is 10.3. The highest BCUT2D eigenvalue weighted by Gasteiger charge is 2.21. The molecular weight excluding hydrogens is 464 g/mol. The fraction of sp³-hybridized carbons (Fsp3) is 0.182. The van der Waals surface area contributed by atoms with Crippen molar-refractivity contribution in [3.05, 3.63) is 52.9 Å². The van der Waals surface area contributed by atoms with Gasteiger partial charge in [-0.15, -0.1) is 10.2 Å². The number of aryl methyl sites for hydroxylation is 1. The van der Waals surface area contributed by atoms with E-state index in [1.165, 1.54) is 11.3 Å². The molecule has 11 heteroatoms. The zero-order valence-corrected chi connectivity index (χ0v) is 18.7. The van der Waals surface area contributed by atoms with Gasteiger partial charge in [0, 0.05) is 22.9 Å². The number of aliphatic hydroxyl groups excluding tert-OH is 1. The zero-order chi connectivity index (χ0) is 22.4. The number of nitrogens with zero attached hydrogens (tertiary/aromatic N) is 4. The van der Waals surface area contributed by atoms with Crippen molar-refractivity contribution in [1.29, 1.82) is 0 Å². The van der Waals surface area contributed by atoms with E-state index in [9.17, 15) is 5.11 Å². The van der Waals surface area contributed by atoms with Gasteiger partial charge in [-0.25, -0.2) is 0 Å². The Morgan fingerprint density at radius 2 is 2.09 bits per heavy atom. The molecule has 0 saturated heterocycles. The maximum absolute atomic E-state index is 9.80. The smallest absolute Gasteiger partial charge is 0.256 e. The van der Waals surface area contributed by atoms with E-state index < -0.39 is 0 Å². The van der Waals surface area contributed by atoms with Crippen molar-refractivity contribution in [3.8, 4) is 27.9 Å². The van der Waals surface area contributed by atoms with Crippen molar-refractivity contribution in [3.63, 3.8) is 0 Å². The third kappa shape index (κ3) is 3.71. The summed E-state index contributed by atoms with van der Waals surface area (Å²) in [6, 6.07) is 9.40. The van der Waals surface area contributed by atoms with E-state index in [1.54, 1.807) is 6.20 Å². The molecule has 0 atom stereocenters. The topological polar surface area (TPSA) is 122 Å². The van der Waals surface area contributed by atoms with E-state index in [4.69, 9.17) is 20.8 Å². The quantitative estimate of drug-likeness (QED) is 0.323. The van der Waals surface area contributed by atoms with E-state index in [0.717, 1.165) is 46.2 Å². The molecule has 1 aliphatic rings. The van der Waals surface area contributed by atoms with Crippen LogP contribution in [0.1, 0.15) is 17.7 Å². The molecule has 6 rings (SSSR count). The second-order valence-electron chi connectivity index (χ2n) is 7.57. The average Bonchev–Trinajstić information content (AvgIpc) is 3.60. The molecule has 2 aromatic carbocycles. The molecule has 0 unspecified atom stereocenters. The Morgan fingerprint density at radius 1 is 1.18 bits per heavy atom. The standard InChI is InChI=1S/C22H17ClN6O3S/c23-18-14-9-24-27-15(14)3-4-16(18)25-22-29-28-21(33-22)13-7-11(10-30)6-12(8-13)19-26-20-17(32-19)2-1-5-31-20/h3-4,6-9,30H,1-2,5,10H2,(H,24,27)(H,25,29). The highest BCUT2D eigenvalue weighted by Crippen LogP contribution is 2.37. The summed E-state index contributed by atoms with van der Waals surface area (Å²) >= 11 is 7.88. The first kappa shape index (κ1) is 20.2. The number of hydrogen-bond donors (Lipinski definition) is 3. The summed E-state index contributed by atoms with van der Waals surface area (Å²) in [7, 11) is 0. The third-order valence-corrected chi connectivity index (χ3v) is 6.64. The van der Waals surface area contributed by atoms with Crippen molar-refractivity contribution in [1.82, 2.24) is 25.4 Å². The second-order valence-corrected chi connectivity index (χ2v) is 8.93. The lowest BCUT2D eigenvalue weighted by atomic mass is 10.1. The second kappa shape index (κ2) is 8.14. The van der Waals surface area contributed by atoms with E-state index >= 15 is 0 Å². The van der Waals surface area contributed by atoms with Crippen molar-refractivity contribution in [2.45, 2.75) is 19.4 Å². The highest BCUT2D eigenvalue weighted by atomic mass is 35.5. The number of rotatable bonds is 5. The largest absolute Gasteiger partial charge is 0.475 e. The normalized spacial score (nSPS) is 13.2. The number of aliphatic hydroxyl groups is 1. The number of aromatic nitrogens is 5. The molecule has 3 N–H and O–H groups in total. The molecule has 0 saturated carbocycles. The van der Waals surface area contributed by atoms with Gasteiger partial charge in [0.2, 0.25) is 11.0 Å². The summed E-state index contributed by atoms with van der Waals surface area (Å²) in [5.74, 6) is 1.75. The molecule has 3 aromatic heterocycles. The highest BCUT2D eigenvalue weighted by molar-refractivity contribution is 7.18. The van der Waals surface area contributed by atoms with Crippen LogP contribution in [0.3, 0.4) is 0 Å². The molecule has 0 fully saturated rings. The lowest BCUT2D eigenvalue weighted by molar-refractivity contribution is 0.265. The van der Waals surface area contributed by atoms with Crippen LogP contribution in [-0.2, 0) is 13.0 Å². The number of anilines is 2. The molecular formula is C22H17ClN6O3S. The summed E-state index contributed by atoms with van der Waals surface area (Å²) in [4.78, 5) is 4.48. The third-order valence-electron chi connectivity index (χ3n) is 5.34. The molecule has 33 heavy (non-hydrogen) atoms. The van der Waals surface area contributed by atoms with Crippen LogP contribution >= 0.6 is 22.9 Å². The number of fused-ring (bicyclic) bond motifs is 2. The molecule has 5 aromatic rings. The molecule has 0 aliphatic carbocycles. The summed E-state index contributed by atoms with van der Waals surface area (Å²) in [6.07, 6.45) is 3.39. The molecule has 9 nitrogen and oxygen atoms in total. The monoisotopic (exact) mass is 480 g/mol. The Bertz CT molecular complexity index is 1450. The predicted molar refractivity (Wildman–Crippen MR) is 125 cm³/mol. The molecule has 166 valence electrons. The van der Waals surface area contributed by atoms with Gasteiger partial charge in [0.25, 0.3) is 5.88 Å². The van der Waals surface area contributed by atoms with Crippen LogP contribution < -0.4 is 10.1 Å². The lowest BCUT2D eigenvalue weighted by Crippen LogP contribution is -2.06. The Balaban J connectivity index is 1.32. The van der Waals surface area contributed by atoms with Crippen LogP contribution in [0.5, 0.6) is 5.88 Å². The Hall–Kier alpha value is -3.47. The van der Waals surface area contributed by atoms with Gasteiger partial charge in [-0.3, -0.25) is 5.10 Å². The van der Waals surface area contributed by atoms with Crippen LogP contribution in [0, 0.1) is 0 Å². The number of nitrogens with one attached hydrogen (secondary N) is 2. The predicted octanol–water partition coefficient (Wildman–Crippen LogP) is 4.95. The van der Waals surface area contributed by atoms with E-state index in [0.29, 0.717) is 39.2 Å². The Labute approximate surface area is 196 Å². The molecule has 0 radical (unpaired) electrons. The van der Waals surface area contributed by atoms with E-state index in [1.807, 2.05) is 30.3 Å². The molecule has 4 heterocycles. The molecule has 0 bridgehead atoms. The Kier molecular flexibility index (Phi) is 4.97.